The molecule has 0 saturated carbocycles. The van der Waals surface area contributed by atoms with Crippen molar-refractivity contribution >= 4 is 5.91 Å². The summed E-state index contributed by atoms with van der Waals surface area (Å²) in [6.07, 6.45) is 1.76. The zero-order chi connectivity index (χ0) is 14.7. The molecular weight excluding hydrogens is 250 g/mol. The molecule has 4 heteroatoms. The Hall–Kier alpha value is -2.10. The normalized spacial score (nSPS) is 12.2. The van der Waals surface area contributed by atoms with E-state index in [2.05, 4.69) is 10.4 Å². The lowest BCUT2D eigenvalue weighted by Gasteiger charge is -2.15. The number of nitrogens with one attached hydrogen (secondary N) is 1. The highest BCUT2D eigenvalue weighted by Gasteiger charge is 2.14. The SMILES string of the molecule is CCn1nccc1C(C)NC(=O)c1ccc(C)c(C)c1. The number of benzene rings is 1. The molecule has 0 bridgehead atoms. The highest BCUT2D eigenvalue weighted by Crippen LogP contribution is 2.14. The maximum atomic E-state index is 12.3. The number of hydrogen-bond donors (Lipinski definition) is 1. The molecule has 2 aromatic rings. The van der Waals surface area contributed by atoms with Gasteiger partial charge in [0.25, 0.3) is 5.91 Å². The van der Waals surface area contributed by atoms with Crippen molar-refractivity contribution < 1.29 is 4.79 Å². The van der Waals surface area contributed by atoms with E-state index in [0.717, 1.165) is 17.8 Å². The quantitative estimate of drug-likeness (QED) is 0.929. The number of aryl methyl sites for hydroxylation is 3. The highest BCUT2D eigenvalue weighted by atomic mass is 16.1. The summed E-state index contributed by atoms with van der Waals surface area (Å²) in [6.45, 7) is 8.86. The van der Waals surface area contributed by atoms with E-state index in [4.69, 9.17) is 0 Å². The van der Waals surface area contributed by atoms with Gasteiger partial charge in [-0.3, -0.25) is 9.48 Å². The van der Waals surface area contributed by atoms with Crippen LogP contribution in [0.5, 0.6) is 0 Å². The molecule has 20 heavy (non-hydrogen) atoms. The van der Waals surface area contributed by atoms with Gasteiger partial charge in [-0.15, -0.1) is 0 Å². The minimum absolute atomic E-state index is 0.0514. The standard InChI is InChI=1S/C16H21N3O/c1-5-19-15(8-9-17-19)13(4)18-16(20)14-7-6-11(2)12(3)10-14/h6-10,13H,5H2,1-4H3,(H,18,20). The number of amides is 1. The van der Waals surface area contributed by atoms with Crippen molar-refractivity contribution in [1.82, 2.24) is 15.1 Å². The number of nitrogens with zero attached hydrogens (tertiary/aromatic N) is 2. The maximum Gasteiger partial charge on any atom is 0.251 e. The van der Waals surface area contributed by atoms with Crippen LogP contribution in [0.25, 0.3) is 0 Å². The predicted octanol–water partition coefficient (Wildman–Crippen LogP) is 3.01. The van der Waals surface area contributed by atoms with Gasteiger partial charge in [-0.2, -0.15) is 5.10 Å². The fraction of sp³-hybridized carbons (Fsp3) is 0.375. The van der Waals surface area contributed by atoms with E-state index in [1.807, 2.05) is 56.6 Å². The average Bonchev–Trinajstić information content (AvgIpc) is 2.90. The largest absolute Gasteiger partial charge is 0.344 e. The summed E-state index contributed by atoms with van der Waals surface area (Å²) in [6, 6.07) is 7.64. The van der Waals surface area contributed by atoms with Crippen molar-refractivity contribution in [3.63, 3.8) is 0 Å². The highest BCUT2D eigenvalue weighted by molar-refractivity contribution is 5.94. The van der Waals surface area contributed by atoms with Gasteiger partial charge in [0, 0.05) is 18.3 Å². The van der Waals surface area contributed by atoms with Crippen LogP contribution in [0, 0.1) is 13.8 Å². The average molecular weight is 271 g/mol. The third kappa shape index (κ3) is 2.90. The van der Waals surface area contributed by atoms with Crippen LogP contribution in [0.3, 0.4) is 0 Å². The summed E-state index contributed by atoms with van der Waals surface area (Å²) in [5.74, 6) is -0.0514. The first-order chi connectivity index (χ1) is 9.52. The molecule has 106 valence electrons. The lowest BCUT2D eigenvalue weighted by molar-refractivity contribution is 0.0938. The van der Waals surface area contributed by atoms with Gasteiger partial charge in [-0.05, 0) is 57.0 Å². The molecule has 2 rings (SSSR count). The molecule has 0 spiro atoms. The van der Waals surface area contributed by atoms with E-state index in [1.54, 1.807) is 6.20 Å². The Kier molecular flexibility index (Phi) is 4.23. The summed E-state index contributed by atoms with van der Waals surface area (Å²) in [5, 5.41) is 7.25. The summed E-state index contributed by atoms with van der Waals surface area (Å²) < 4.78 is 1.89. The van der Waals surface area contributed by atoms with Crippen molar-refractivity contribution in [2.24, 2.45) is 0 Å². The van der Waals surface area contributed by atoms with Crippen molar-refractivity contribution in [3.05, 3.63) is 52.8 Å². The fourth-order valence-corrected chi connectivity index (χ4v) is 2.21. The molecule has 1 atom stereocenters. The Morgan fingerprint density at radius 1 is 1.30 bits per heavy atom. The first-order valence-corrected chi connectivity index (χ1v) is 6.92. The van der Waals surface area contributed by atoms with E-state index in [0.29, 0.717) is 5.56 Å². The topological polar surface area (TPSA) is 46.9 Å². The second-order valence-corrected chi connectivity index (χ2v) is 5.07. The second kappa shape index (κ2) is 5.90. The number of aromatic nitrogens is 2. The van der Waals surface area contributed by atoms with Crippen LogP contribution in [0.15, 0.2) is 30.5 Å². The van der Waals surface area contributed by atoms with Crippen LogP contribution in [0.1, 0.15) is 47.1 Å². The zero-order valence-corrected chi connectivity index (χ0v) is 12.5. The first-order valence-electron chi connectivity index (χ1n) is 6.92. The molecule has 0 aliphatic rings. The van der Waals surface area contributed by atoms with Crippen molar-refractivity contribution in [2.45, 2.75) is 40.3 Å². The minimum atomic E-state index is -0.0634. The lowest BCUT2D eigenvalue weighted by Crippen LogP contribution is -2.28. The monoisotopic (exact) mass is 271 g/mol. The molecule has 0 saturated heterocycles. The smallest absolute Gasteiger partial charge is 0.251 e. The molecule has 0 aliphatic carbocycles. The Labute approximate surface area is 119 Å². The fourth-order valence-electron chi connectivity index (χ4n) is 2.21. The first kappa shape index (κ1) is 14.3. The van der Waals surface area contributed by atoms with E-state index >= 15 is 0 Å². The van der Waals surface area contributed by atoms with Crippen LogP contribution in [-0.4, -0.2) is 15.7 Å². The summed E-state index contributed by atoms with van der Waals surface area (Å²) in [7, 11) is 0. The third-order valence-electron chi connectivity index (χ3n) is 3.61. The second-order valence-electron chi connectivity index (χ2n) is 5.07. The van der Waals surface area contributed by atoms with Crippen LogP contribution in [0.4, 0.5) is 0 Å². The maximum absolute atomic E-state index is 12.3. The van der Waals surface area contributed by atoms with E-state index < -0.39 is 0 Å². The van der Waals surface area contributed by atoms with Gasteiger partial charge in [-0.1, -0.05) is 6.07 Å². The molecule has 0 aliphatic heterocycles. The van der Waals surface area contributed by atoms with Crippen LogP contribution in [-0.2, 0) is 6.54 Å². The Morgan fingerprint density at radius 2 is 2.05 bits per heavy atom. The van der Waals surface area contributed by atoms with E-state index in [-0.39, 0.29) is 11.9 Å². The summed E-state index contributed by atoms with van der Waals surface area (Å²) >= 11 is 0. The van der Waals surface area contributed by atoms with Gasteiger partial charge in [0.05, 0.1) is 11.7 Å². The van der Waals surface area contributed by atoms with Crippen LogP contribution >= 0.6 is 0 Å². The third-order valence-corrected chi connectivity index (χ3v) is 3.61. The van der Waals surface area contributed by atoms with Crippen LogP contribution in [0.2, 0.25) is 0 Å². The molecule has 1 heterocycles. The predicted molar refractivity (Wildman–Crippen MR) is 79.7 cm³/mol. The molecule has 1 unspecified atom stereocenters. The number of carbonyl (C=O) groups excluding carboxylic acids is 1. The molecular formula is C16H21N3O. The number of carbonyl (C=O) groups is 1. The van der Waals surface area contributed by atoms with Gasteiger partial charge in [0.1, 0.15) is 0 Å². The molecule has 1 aromatic heterocycles. The minimum Gasteiger partial charge on any atom is -0.344 e. The summed E-state index contributed by atoms with van der Waals surface area (Å²) in [4.78, 5) is 12.3. The van der Waals surface area contributed by atoms with Gasteiger partial charge in [-0.25, -0.2) is 0 Å². The Bertz CT molecular complexity index is 616. The Balaban J connectivity index is 2.13. The molecule has 0 radical (unpaired) electrons. The number of hydrogen-bond acceptors (Lipinski definition) is 2. The lowest BCUT2D eigenvalue weighted by atomic mass is 10.1. The van der Waals surface area contributed by atoms with Gasteiger partial charge in [0.15, 0.2) is 0 Å². The van der Waals surface area contributed by atoms with Gasteiger partial charge in [0.2, 0.25) is 0 Å². The molecule has 1 N–H and O–H groups in total. The molecule has 1 amide bonds. The molecule has 0 fully saturated rings. The Morgan fingerprint density at radius 3 is 2.70 bits per heavy atom. The van der Waals surface area contributed by atoms with Gasteiger partial charge < -0.3 is 5.32 Å². The number of rotatable bonds is 4. The van der Waals surface area contributed by atoms with E-state index in [1.165, 1.54) is 5.56 Å². The van der Waals surface area contributed by atoms with Gasteiger partial charge >= 0.3 is 0 Å². The molecule has 1 aromatic carbocycles. The van der Waals surface area contributed by atoms with E-state index in [9.17, 15) is 4.79 Å². The van der Waals surface area contributed by atoms with Crippen LogP contribution < -0.4 is 5.32 Å². The molecule has 4 nitrogen and oxygen atoms in total. The van der Waals surface area contributed by atoms with Crippen molar-refractivity contribution in [1.29, 1.82) is 0 Å². The van der Waals surface area contributed by atoms with Crippen molar-refractivity contribution in [2.75, 3.05) is 0 Å². The summed E-state index contributed by atoms with van der Waals surface area (Å²) in [5.41, 5.74) is 4.04. The van der Waals surface area contributed by atoms with Crippen molar-refractivity contribution in [3.8, 4) is 0 Å². The zero-order valence-electron chi connectivity index (χ0n) is 12.5.